The lowest BCUT2D eigenvalue weighted by molar-refractivity contribution is -0.139. The number of carbonyl (C=O) groups is 2. The number of hydrogen-bond acceptors (Lipinski definition) is 3. The molecule has 0 bridgehead atoms. The lowest BCUT2D eigenvalue weighted by atomic mass is 10.0. The molecule has 1 rings (SSSR count). The second-order valence-electron chi connectivity index (χ2n) is 5.07. The van der Waals surface area contributed by atoms with E-state index in [1.165, 1.54) is 0 Å². The summed E-state index contributed by atoms with van der Waals surface area (Å²) < 4.78 is 0. The molecule has 0 aromatic carbocycles. The Morgan fingerprint density at radius 2 is 1.59 bits per heavy atom. The molecule has 1 aliphatic rings. The second-order valence-corrected chi connectivity index (χ2v) is 5.07. The highest BCUT2D eigenvalue weighted by atomic mass is 16.2. The number of nitrogens with zero attached hydrogens (tertiary/aromatic N) is 2. The smallest absolute Gasteiger partial charge is 0.239 e. The van der Waals surface area contributed by atoms with E-state index >= 15 is 0 Å². The number of piperazine rings is 1. The Morgan fingerprint density at radius 3 is 2.00 bits per heavy atom. The molecule has 1 aliphatic heterocycles. The molecular weight excluding hydrogens is 218 g/mol. The fourth-order valence-electron chi connectivity index (χ4n) is 2.08. The van der Waals surface area contributed by atoms with Crippen LogP contribution in [0, 0.1) is 5.92 Å². The van der Waals surface area contributed by atoms with Crippen LogP contribution in [0.2, 0.25) is 0 Å². The van der Waals surface area contributed by atoms with Crippen molar-refractivity contribution in [2.24, 2.45) is 11.7 Å². The van der Waals surface area contributed by atoms with Gasteiger partial charge in [-0.2, -0.15) is 0 Å². The van der Waals surface area contributed by atoms with Crippen molar-refractivity contribution in [1.82, 2.24) is 9.80 Å². The minimum Gasteiger partial charge on any atom is -0.339 e. The molecule has 0 radical (unpaired) electrons. The van der Waals surface area contributed by atoms with Crippen LogP contribution in [0.4, 0.5) is 0 Å². The fraction of sp³-hybridized carbons (Fsp3) is 0.833. The summed E-state index contributed by atoms with van der Waals surface area (Å²) in [6.07, 6.45) is 0.714. The van der Waals surface area contributed by atoms with Crippen molar-refractivity contribution in [2.45, 2.75) is 33.2 Å². The Hall–Kier alpha value is -1.10. The maximum Gasteiger partial charge on any atom is 0.239 e. The van der Waals surface area contributed by atoms with E-state index in [4.69, 9.17) is 5.73 Å². The molecule has 0 aliphatic carbocycles. The molecule has 1 fully saturated rings. The van der Waals surface area contributed by atoms with E-state index in [9.17, 15) is 9.59 Å². The first-order valence-electron chi connectivity index (χ1n) is 6.21. The molecule has 1 atom stereocenters. The number of carbonyl (C=O) groups excluding carboxylic acids is 2. The van der Waals surface area contributed by atoms with E-state index in [1.54, 1.807) is 16.7 Å². The van der Waals surface area contributed by atoms with Crippen LogP contribution in [-0.4, -0.2) is 53.8 Å². The quantitative estimate of drug-likeness (QED) is 0.759. The molecular formula is C12H23N3O2. The predicted octanol–water partition coefficient (Wildman–Crippen LogP) is 0.0505. The van der Waals surface area contributed by atoms with Crippen molar-refractivity contribution in [3.8, 4) is 0 Å². The highest BCUT2D eigenvalue weighted by Crippen LogP contribution is 2.08. The molecule has 0 aromatic heterocycles. The van der Waals surface area contributed by atoms with Crippen molar-refractivity contribution < 1.29 is 9.59 Å². The summed E-state index contributed by atoms with van der Waals surface area (Å²) in [7, 11) is 0. The van der Waals surface area contributed by atoms with E-state index in [0.717, 1.165) is 0 Å². The molecule has 0 spiro atoms. The molecule has 0 aromatic rings. The largest absolute Gasteiger partial charge is 0.339 e. The Kier molecular flexibility index (Phi) is 4.93. The molecule has 5 heteroatoms. The average molecular weight is 241 g/mol. The highest BCUT2D eigenvalue weighted by molar-refractivity contribution is 5.82. The molecule has 98 valence electrons. The second kappa shape index (κ2) is 6.00. The maximum atomic E-state index is 12.0. The van der Waals surface area contributed by atoms with Gasteiger partial charge in [-0.3, -0.25) is 9.59 Å². The zero-order valence-electron chi connectivity index (χ0n) is 11.0. The summed E-state index contributed by atoms with van der Waals surface area (Å²) in [5.41, 5.74) is 5.87. The Balaban J connectivity index is 2.43. The number of amides is 2. The standard InChI is InChI=1S/C12H23N3O2/c1-9(2)8-11(13)12(17)15-6-4-14(5-7-15)10(3)16/h9,11H,4-8,13H2,1-3H3. The number of rotatable bonds is 3. The van der Waals surface area contributed by atoms with Gasteiger partial charge < -0.3 is 15.5 Å². The highest BCUT2D eigenvalue weighted by Gasteiger charge is 2.26. The van der Waals surface area contributed by atoms with Crippen LogP contribution in [0.3, 0.4) is 0 Å². The Morgan fingerprint density at radius 1 is 1.12 bits per heavy atom. The van der Waals surface area contributed by atoms with Gasteiger partial charge in [0.2, 0.25) is 11.8 Å². The zero-order chi connectivity index (χ0) is 13.0. The molecule has 1 unspecified atom stereocenters. The summed E-state index contributed by atoms with van der Waals surface area (Å²) in [6, 6.07) is -0.404. The van der Waals surface area contributed by atoms with Crippen molar-refractivity contribution >= 4 is 11.8 Å². The zero-order valence-corrected chi connectivity index (χ0v) is 11.0. The van der Waals surface area contributed by atoms with Crippen LogP contribution in [0.15, 0.2) is 0 Å². The summed E-state index contributed by atoms with van der Waals surface area (Å²) in [6.45, 7) is 8.11. The lowest BCUT2D eigenvalue weighted by Gasteiger charge is -2.35. The summed E-state index contributed by atoms with van der Waals surface area (Å²) in [5, 5.41) is 0. The molecule has 1 saturated heterocycles. The molecule has 1 heterocycles. The molecule has 2 amide bonds. The Bertz CT molecular complexity index is 283. The van der Waals surface area contributed by atoms with Gasteiger partial charge in [0.1, 0.15) is 0 Å². The van der Waals surface area contributed by atoms with Gasteiger partial charge in [-0.1, -0.05) is 13.8 Å². The first kappa shape index (κ1) is 14.0. The van der Waals surface area contributed by atoms with Crippen molar-refractivity contribution in [2.75, 3.05) is 26.2 Å². The van der Waals surface area contributed by atoms with E-state index in [2.05, 4.69) is 13.8 Å². The first-order valence-corrected chi connectivity index (χ1v) is 6.21. The van der Waals surface area contributed by atoms with Crippen molar-refractivity contribution in [3.05, 3.63) is 0 Å². The number of hydrogen-bond donors (Lipinski definition) is 1. The summed E-state index contributed by atoms with van der Waals surface area (Å²) in [4.78, 5) is 26.7. The number of nitrogens with two attached hydrogens (primary N) is 1. The topological polar surface area (TPSA) is 66.6 Å². The van der Waals surface area contributed by atoms with Gasteiger partial charge in [-0.05, 0) is 12.3 Å². The molecule has 17 heavy (non-hydrogen) atoms. The minimum atomic E-state index is -0.404. The third-order valence-corrected chi connectivity index (χ3v) is 3.08. The van der Waals surface area contributed by atoms with E-state index in [0.29, 0.717) is 38.5 Å². The van der Waals surface area contributed by atoms with Crippen LogP contribution in [-0.2, 0) is 9.59 Å². The van der Waals surface area contributed by atoms with E-state index in [-0.39, 0.29) is 11.8 Å². The van der Waals surface area contributed by atoms with Gasteiger partial charge in [0.15, 0.2) is 0 Å². The third kappa shape index (κ3) is 4.00. The first-order chi connectivity index (χ1) is 7.91. The Labute approximate surface area is 103 Å². The van der Waals surface area contributed by atoms with E-state index < -0.39 is 6.04 Å². The summed E-state index contributed by atoms with van der Waals surface area (Å²) >= 11 is 0. The van der Waals surface area contributed by atoms with E-state index in [1.807, 2.05) is 0 Å². The van der Waals surface area contributed by atoms with Gasteiger partial charge in [0, 0.05) is 33.1 Å². The van der Waals surface area contributed by atoms with Crippen LogP contribution in [0.1, 0.15) is 27.2 Å². The van der Waals surface area contributed by atoms with Crippen molar-refractivity contribution in [1.29, 1.82) is 0 Å². The van der Waals surface area contributed by atoms with Crippen LogP contribution in [0.5, 0.6) is 0 Å². The van der Waals surface area contributed by atoms with Crippen LogP contribution < -0.4 is 5.73 Å². The van der Waals surface area contributed by atoms with Gasteiger partial charge in [0.25, 0.3) is 0 Å². The van der Waals surface area contributed by atoms with Crippen LogP contribution >= 0.6 is 0 Å². The van der Waals surface area contributed by atoms with Gasteiger partial charge in [-0.15, -0.1) is 0 Å². The van der Waals surface area contributed by atoms with Gasteiger partial charge >= 0.3 is 0 Å². The molecule has 0 saturated carbocycles. The maximum absolute atomic E-state index is 12.0. The van der Waals surface area contributed by atoms with Crippen LogP contribution in [0.25, 0.3) is 0 Å². The predicted molar refractivity (Wildman–Crippen MR) is 66.3 cm³/mol. The molecule has 5 nitrogen and oxygen atoms in total. The lowest BCUT2D eigenvalue weighted by Crippen LogP contribution is -2.54. The van der Waals surface area contributed by atoms with Gasteiger partial charge in [0.05, 0.1) is 6.04 Å². The average Bonchev–Trinajstić information content (AvgIpc) is 2.27. The van der Waals surface area contributed by atoms with Gasteiger partial charge in [-0.25, -0.2) is 0 Å². The summed E-state index contributed by atoms with van der Waals surface area (Å²) in [5.74, 6) is 0.512. The minimum absolute atomic E-state index is 0.0157. The monoisotopic (exact) mass is 241 g/mol. The SMILES string of the molecule is CC(=O)N1CCN(C(=O)C(N)CC(C)C)CC1. The third-order valence-electron chi connectivity index (χ3n) is 3.08. The van der Waals surface area contributed by atoms with Crippen molar-refractivity contribution in [3.63, 3.8) is 0 Å². The fourth-order valence-corrected chi connectivity index (χ4v) is 2.08. The normalized spacial score (nSPS) is 18.4. The molecule has 2 N–H and O–H groups in total.